The molecule has 0 saturated carbocycles. The molecule has 1 aromatic rings. The lowest BCUT2D eigenvalue weighted by Crippen LogP contribution is -2.52. The van der Waals surface area contributed by atoms with E-state index in [-0.39, 0.29) is 12.5 Å². The first-order valence-electron chi connectivity index (χ1n) is 7.77. The third-order valence-electron chi connectivity index (χ3n) is 3.66. The number of carboxylic acids is 1. The molecule has 0 radical (unpaired) electrons. The fourth-order valence-electron chi connectivity index (χ4n) is 2.51. The summed E-state index contributed by atoms with van der Waals surface area (Å²) in [6.45, 7) is 6.84. The fourth-order valence-corrected chi connectivity index (χ4v) is 2.51. The molecule has 2 N–H and O–H groups in total. The Hall–Kier alpha value is -2.38. The summed E-state index contributed by atoms with van der Waals surface area (Å²) < 4.78 is 0. The van der Waals surface area contributed by atoms with Gasteiger partial charge < -0.3 is 20.2 Å². The van der Waals surface area contributed by atoms with Gasteiger partial charge in [0.2, 0.25) is 5.95 Å². The highest BCUT2D eigenvalue weighted by molar-refractivity contribution is 5.74. The van der Waals surface area contributed by atoms with E-state index in [0.29, 0.717) is 45.1 Å². The molecule has 0 spiro atoms. The Morgan fingerprint density at radius 1 is 1.17 bits per heavy atom. The Kier molecular flexibility index (Phi) is 5.72. The van der Waals surface area contributed by atoms with Crippen LogP contribution in [-0.4, -0.2) is 64.7 Å². The van der Waals surface area contributed by atoms with E-state index in [9.17, 15) is 9.59 Å². The average Bonchev–Trinajstić information content (AvgIpc) is 2.50. The van der Waals surface area contributed by atoms with Crippen LogP contribution in [0.4, 0.5) is 10.7 Å². The minimum atomic E-state index is -0.846. The van der Waals surface area contributed by atoms with E-state index in [1.807, 2.05) is 19.9 Å². The third kappa shape index (κ3) is 5.08. The zero-order chi connectivity index (χ0) is 16.8. The van der Waals surface area contributed by atoms with Crippen LogP contribution in [0.2, 0.25) is 0 Å². The molecule has 126 valence electrons. The number of piperazine rings is 1. The first-order chi connectivity index (χ1) is 11.0. The molecule has 0 atom stereocenters. The van der Waals surface area contributed by atoms with Gasteiger partial charge in [0.05, 0.1) is 0 Å². The van der Waals surface area contributed by atoms with Gasteiger partial charge in [0.25, 0.3) is 0 Å². The second kappa shape index (κ2) is 7.75. The molecule has 0 aromatic carbocycles. The Bertz CT molecular complexity index is 550. The molecule has 23 heavy (non-hydrogen) atoms. The minimum absolute atomic E-state index is 0.0676. The zero-order valence-electron chi connectivity index (χ0n) is 13.6. The van der Waals surface area contributed by atoms with E-state index in [2.05, 4.69) is 20.2 Å². The highest BCUT2D eigenvalue weighted by Gasteiger charge is 2.22. The lowest BCUT2D eigenvalue weighted by Gasteiger charge is -2.34. The van der Waals surface area contributed by atoms with Crippen molar-refractivity contribution in [2.24, 2.45) is 0 Å². The van der Waals surface area contributed by atoms with E-state index >= 15 is 0 Å². The van der Waals surface area contributed by atoms with Crippen LogP contribution in [0.15, 0.2) is 6.07 Å². The predicted molar refractivity (Wildman–Crippen MR) is 85.6 cm³/mol. The van der Waals surface area contributed by atoms with Crippen LogP contribution in [0, 0.1) is 13.8 Å². The Balaban J connectivity index is 1.79. The molecule has 1 aliphatic heterocycles. The van der Waals surface area contributed by atoms with Gasteiger partial charge in [-0.25, -0.2) is 14.8 Å². The van der Waals surface area contributed by atoms with Crippen LogP contribution in [0.1, 0.15) is 24.2 Å². The van der Waals surface area contributed by atoms with Gasteiger partial charge in [0.1, 0.15) is 0 Å². The van der Waals surface area contributed by atoms with Crippen LogP contribution in [0.25, 0.3) is 0 Å². The summed E-state index contributed by atoms with van der Waals surface area (Å²) in [5.41, 5.74) is 1.87. The molecule has 8 nitrogen and oxygen atoms in total. The van der Waals surface area contributed by atoms with E-state index in [1.165, 1.54) is 0 Å². The van der Waals surface area contributed by atoms with Crippen molar-refractivity contribution in [3.8, 4) is 0 Å². The number of aliphatic carboxylic acids is 1. The number of urea groups is 1. The van der Waals surface area contributed by atoms with Crippen molar-refractivity contribution in [1.82, 2.24) is 20.2 Å². The second-order valence-electron chi connectivity index (χ2n) is 5.65. The largest absolute Gasteiger partial charge is 0.481 e. The molecule has 8 heteroatoms. The van der Waals surface area contributed by atoms with Crippen LogP contribution >= 0.6 is 0 Å². The third-order valence-corrected chi connectivity index (χ3v) is 3.66. The maximum absolute atomic E-state index is 12.0. The van der Waals surface area contributed by atoms with Crippen molar-refractivity contribution < 1.29 is 14.7 Å². The van der Waals surface area contributed by atoms with Crippen molar-refractivity contribution >= 4 is 17.9 Å². The normalized spacial score (nSPS) is 14.7. The molecule has 1 saturated heterocycles. The fraction of sp³-hybridized carbons (Fsp3) is 0.600. The summed E-state index contributed by atoms with van der Waals surface area (Å²) in [7, 11) is 0. The van der Waals surface area contributed by atoms with Crippen molar-refractivity contribution in [3.63, 3.8) is 0 Å². The van der Waals surface area contributed by atoms with Crippen molar-refractivity contribution in [1.29, 1.82) is 0 Å². The number of aryl methyl sites for hydroxylation is 2. The molecule has 0 bridgehead atoms. The molecule has 2 rings (SSSR count). The summed E-state index contributed by atoms with van der Waals surface area (Å²) in [6.07, 6.45) is 0.509. The number of amides is 2. The molecule has 1 aliphatic rings. The number of nitrogens with one attached hydrogen (secondary N) is 1. The van der Waals surface area contributed by atoms with Crippen molar-refractivity contribution in [2.45, 2.75) is 26.7 Å². The summed E-state index contributed by atoms with van der Waals surface area (Å²) in [5.74, 6) is -0.134. The van der Waals surface area contributed by atoms with Gasteiger partial charge in [0.15, 0.2) is 0 Å². The van der Waals surface area contributed by atoms with Gasteiger partial charge in [-0.1, -0.05) is 0 Å². The first-order valence-corrected chi connectivity index (χ1v) is 7.77. The Morgan fingerprint density at radius 3 is 2.35 bits per heavy atom. The lowest BCUT2D eigenvalue weighted by molar-refractivity contribution is -0.137. The number of hydrogen-bond donors (Lipinski definition) is 2. The van der Waals surface area contributed by atoms with Gasteiger partial charge >= 0.3 is 12.0 Å². The second-order valence-corrected chi connectivity index (χ2v) is 5.65. The van der Waals surface area contributed by atoms with Gasteiger partial charge in [-0.2, -0.15) is 0 Å². The monoisotopic (exact) mass is 321 g/mol. The standard InChI is InChI=1S/C15H23N5O3/c1-11-10-12(2)18-14(17-11)19-6-8-20(9-7-19)15(23)16-5-3-4-13(21)22/h10H,3-9H2,1-2H3,(H,16,23)(H,21,22). The quantitative estimate of drug-likeness (QED) is 0.778. The van der Waals surface area contributed by atoms with Gasteiger partial charge in [-0.3, -0.25) is 4.79 Å². The summed E-state index contributed by atoms with van der Waals surface area (Å²) >= 11 is 0. The highest BCUT2D eigenvalue weighted by Crippen LogP contribution is 2.12. The van der Waals surface area contributed by atoms with Gasteiger partial charge in [-0.15, -0.1) is 0 Å². The molecule has 1 aromatic heterocycles. The van der Waals surface area contributed by atoms with Crippen LogP contribution in [0.5, 0.6) is 0 Å². The smallest absolute Gasteiger partial charge is 0.317 e. The number of aromatic nitrogens is 2. The lowest BCUT2D eigenvalue weighted by atomic mass is 10.3. The Labute approximate surface area is 135 Å². The number of nitrogens with zero attached hydrogens (tertiary/aromatic N) is 4. The number of carboxylic acid groups (broad SMARTS) is 1. The van der Waals surface area contributed by atoms with Crippen LogP contribution in [-0.2, 0) is 4.79 Å². The maximum Gasteiger partial charge on any atom is 0.317 e. The first kappa shape index (κ1) is 17.0. The number of hydrogen-bond acceptors (Lipinski definition) is 5. The SMILES string of the molecule is Cc1cc(C)nc(N2CCN(C(=O)NCCCC(=O)O)CC2)n1. The van der Waals surface area contributed by atoms with E-state index in [4.69, 9.17) is 5.11 Å². The topological polar surface area (TPSA) is 98.7 Å². The maximum atomic E-state index is 12.0. The van der Waals surface area contributed by atoms with Gasteiger partial charge in [0, 0.05) is 50.5 Å². The predicted octanol–water partition coefficient (Wildman–Crippen LogP) is 0.790. The highest BCUT2D eigenvalue weighted by atomic mass is 16.4. The van der Waals surface area contributed by atoms with E-state index in [0.717, 1.165) is 11.4 Å². The average molecular weight is 321 g/mol. The molecule has 2 heterocycles. The van der Waals surface area contributed by atoms with E-state index < -0.39 is 5.97 Å². The summed E-state index contributed by atoms with van der Waals surface area (Å²) in [4.78, 5) is 35.1. The molecule has 0 unspecified atom stereocenters. The zero-order valence-corrected chi connectivity index (χ0v) is 13.6. The molecular weight excluding hydrogens is 298 g/mol. The summed E-state index contributed by atoms with van der Waals surface area (Å²) in [5, 5.41) is 11.3. The van der Waals surface area contributed by atoms with Crippen LogP contribution < -0.4 is 10.2 Å². The summed E-state index contributed by atoms with van der Waals surface area (Å²) in [6, 6.07) is 1.79. The van der Waals surface area contributed by atoms with Crippen molar-refractivity contribution in [2.75, 3.05) is 37.6 Å². The van der Waals surface area contributed by atoms with Gasteiger partial charge in [-0.05, 0) is 26.3 Å². The molecule has 1 fully saturated rings. The number of carbonyl (C=O) groups is 2. The molecule has 2 amide bonds. The molecule has 0 aliphatic carbocycles. The number of anilines is 1. The van der Waals surface area contributed by atoms with Crippen LogP contribution in [0.3, 0.4) is 0 Å². The number of rotatable bonds is 5. The van der Waals surface area contributed by atoms with E-state index in [1.54, 1.807) is 4.90 Å². The van der Waals surface area contributed by atoms with Crippen molar-refractivity contribution in [3.05, 3.63) is 17.5 Å². The minimum Gasteiger partial charge on any atom is -0.481 e. The number of carbonyl (C=O) groups excluding carboxylic acids is 1. The molecular formula is C15H23N5O3. The Morgan fingerprint density at radius 2 is 1.78 bits per heavy atom.